The first-order valence-corrected chi connectivity index (χ1v) is 6.37. The summed E-state index contributed by atoms with van der Waals surface area (Å²) in [5.41, 5.74) is 0.972. The van der Waals surface area contributed by atoms with Gasteiger partial charge in [0.25, 0.3) is 0 Å². The van der Waals surface area contributed by atoms with E-state index in [0.717, 1.165) is 37.9 Å². The number of piperidine rings is 1. The van der Waals surface area contributed by atoms with Gasteiger partial charge in [0, 0.05) is 18.9 Å². The first-order chi connectivity index (χ1) is 8.27. The molecule has 1 aliphatic heterocycles. The highest BCUT2D eigenvalue weighted by molar-refractivity contribution is 5.82. The van der Waals surface area contributed by atoms with Gasteiger partial charge in [-0.25, -0.2) is 0 Å². The second-order valence-corrected chi connectivity index (χ2v) is 4.79. The summed E-state index contributed by atoms with van der Waals surface area (Å²) < 4.78 is 0. The van der Waals surface area contributed by atoms with Crippen LogP contribution < -0.4 is 10.6 Å². The molecule has 0 atom stereocenters. The molecule has 0 unspecified atom stereocenters. The molecule has 1 aliphatic rings. The summed E-state index contributed by atoms with van der Waals surface area (Å²) in [7, 11) is 0. The lowest BCUT2D eigenvalue weighted by Gasteiger charge is -2.35. The van der Waals surface area contributed by atoms with Crippen molar-refractivity contribution >= 4 is 5.91 Å². The SMILES string of the molecule is CCC1(C(=O)NCc2cc[nH]c2)CCNCC1. The van der Waals surface area contributed by atoms with Crippen LogP contribution in [0.2, 0.25) is 0 Å². The van der Waals surface area contributed by atoms with E-state index in [0.29, 0.717) is 6.54 Å². The zero-order chi connectivity index (χ0) is 12.1. The molecule has 0 radical (unpaired) electrons. The summed E-state index contributed by atoms with van der Waals surface area (Å²) in [5.74, 6) is 0.211. The second kappa shape index (κ2) is 5.36. The van der Waals surface area contributed by atoms with Crippen LogP contribution in [-0.4, -0.2) is 24.0 Å². The summed E-state index contributed by atoms with van der Waals surface area (Å²) in [6, 6.07) is 1.99. The van der Waals surface area contributed by atoms with Gasteiger partial charge >= 0.3 is 0 Å². The van der Waals surface area contributed by atoms with Crippen LogP contribution in [0.15, 0.2) is 18.5 Å². The highest BCUT2D eigenvalue weighted by Crippen LogP contribution is 2.32. The predicted octanol–water partition coefficient (Wildman–Crippen LogP) is 1.41. The smallest absolute Gasteiger partial charge is 0.226 e. The lowest BCUT2D eigenvalue weighted by molar-refractivity contribution is -0.133. The number of carbonyl (C=O) groups is 1. The highest BCUT2D eigenvalue weighted by Gasteiger charge is 2.37. The van der Waals surface area contributed by atoms with Crippen LogP contribution in [0.5, 0.6) is 0 Å². The van der Waals surface area contributed by atoms with Gasteiger partial charge in [-0.3, -0.25) is 4.79 Å². The third-order valence-corrected chi connectivity index (χ3v) is 3.83. The molecule has 1 aromatic heterocycles. The molecular weight excluding hydrogens is 214 g/mol. The first kappa shape index (κ1) is 12.2. The van der Waals surface area contributed by atoms with Crippen LogP contribution in [0, 0.1) is 5.41 Å². The van der Waals surface area contributed by atoms with E-state index in [1.807, 2.05) is 18.5 Å². The number of H-pyrrole nitrogens is 1. The van der Waals surface area contributed by atoms with Gasteiger partial charge in [0.2, 0.25) is 5.91 Å². The Morgan fingerprint density at radius 3 is 2.82 bits per heavy atom. The average molecular weight is 235 g/mol. The minimum Gasteiger partial charge on any atom is -0.367 e. The molecule has 0 spiro atoms. The Morgan fingerprint density at radius 1 is 1.47 bits per heavy atom. The standard InChI is InChI=1S/C13H21N3O/c1-2-13(4-7-14-8-5-13)12(17)16-10-11-3-6-15-9-11/h3,6,9,14-15H,2,4-5,7-8,10H2,1H3,(H,16,17). The zero-order valence-corrected chi connectivity index (χ0v) is 10.4. The number of nitrogens with one attached hydrogen (secondary N) is 3. The number of hydrogen-bond acceptors (Lipinski definition) is 2. The fourth-order valence-electron chi connectivity index (χ4n) is 2.48. The minimum absolute atomic E-state index is 0.151. The van der Waals surface area contributed by atoms with Gasteiger partial charge in [0.15, 0.2) is 0 Å². The van der Waals surface area contributed by atoms with Crippen LogP contribution in [0.3, 0.4) is 0 Å². The van der Waals surface area contributed by atoms with Crippen molar-refractivity contribution in [2.45, 2.75) is 32.7 Å². The third kappa shape index (κ3) is 2.69. The van der Waals surface area contributed by atoms with Crippen LogP contribution >= 0.6 is 0 Å². The maximum Gasteiger partial charge on any atom is 0.226 e. The molecule has 94 valence electrons. The Kier molecular flexibility index (Phi) is 3.84. The molecule has 4 heteroatoms. The van der Waals surface area contributed by atoms with E-state index in [1.165, 1.54) is 0 Å². The predicted molar refractivity (Wildman–Crippen MR) is 67.5 cm³/mol. The minimum atomic E-state index is -0.151. The summed E-state index contributed by atoms with van der Waals surface area (Å²) in [6.07, 6.45) is 6.61. The topological polar surface area (TPSA) is 56.9 Å². The molecule has 4 nitrogen and oxygen atoms in total. The fraction of sp³-hybridized carbons (Fsp3) is 0.615. The molecule has 3 N–H and O–H groups in total. The Hall–Kier alpha value is -1.29. The number of aromatic nitrogens is 1. The van der Waals surface area contributed by atoms with E-state index >= 15 is 0 Å². The average Bonchev–Trinajstić information content (AvgIpc) is 2.90. The van der Waals surface area contributed by atoms with Gasteiger partial charge in [-0.05, 0) is 44.0 Å². The van der Waals surface area contributed by atoms with Crippen molar-refractivity contribution in [1.29, 1.82) is 0 Å². The molecule has 1 fully saturated rings. The molecule has 0 aromatic carbocycles. The van der Waals surface area contributed by atoms with E-state index in [9.17, 15) is 4.79 Å². The van der Waals surface area contributed by atoms with Gasteiger partial charge in [0.1, 0.15) is 0 Å². The fourth-order valence-corrected chi connectivity index (χ4v) is 2.48. The summed E-state index contributed by atoms with van der Waals surface area (Å²) in [5, 5.41) is 6.37. The number of hydrogen-bond donors (Lipinski definition) is 3. The highest BCUT2D eigenvalue weighted by atomic mass is 16.2. The van der Waals surface area contributed by atoms with Gasteiger partial charge in [0.05, 0.1) is 5.41 Å². The van der Waals surface area contributed by atoms with Gasteiger partial charge in [-0.1, -0.05) is 6.92 Å². The number of carbonyl (C=O) groups excluding carboxylic acids is 1. The van der Waals surface area contributed by atoms with Crippen molar-refractivity contribution in [3.05, 3.63) is 24.0 Å². The van der Waals surface area contributed by atoms with Crippen LogP contribution in [0.25, 0.3) is 0 Å². The zero-order valence-electron chi connectivity index (χ0n) is 10.4. The summed E-state index contributed by atoms with van der Waals surface area (Å²) in [6.45, 7) is 4.63. The van der Waals surface area contributed by atoms with E-state index in [2.05, 4.69) is 22.5 Å². The molecule has 2 rings (SSSR count). The Morgan fingerprint density at radius 2 is 2.24 bits per heavy atom. The molecule has 1 amide bonds. The number of aromatic amines is 1. The normalized spacial score (nSPS) is 18.9. The van der Waals surface area contributed by atoms with Crippen LogP contribution in [0.4, 0.5) is 0 Å². The van der Waals surface area contributed by atoms with Gasteiger partial charge in [-0.2, -0.15) is 0 Å². The monoisotopic (exact) mass is 235 g/mol. The molecule has 0 saturated carbocycles. The van der Waals surface area contributed by atoms with Crippen molar-refractivity contribution in [3.8, 4) is 0 Å². The largest absolute Gasteiger partial charge is 0.367 e. The third-order valence-electron chi connectivity index (χ3n) is 3.83. The lowest BCUT2D eigenvalue weighted by Crippen LogP contribution is -2.47. The number of amides is 1. The van der Waals surface area contributed by atoms with E-state index in [4.69, 9.17) is 0 Å². The summed E-state index contributed by atoms with van der Waals surface area (Å²) >= 11 is 0. The molecular formula is C13H21N3O. The quantitative estimate of drug-likeness (QED) is 0.739. The number of rotatable bonds is 4. The van der Waals surface area contributed by atoms with Crippen molar-refractivity contribution in [1.82, 2.24) is 15.6 Å². The second-order valence-electron chi connectivity index (χ2n) is 4.79. The molecule has 17 heavy (non-hydrogen) atoms. The maximum absolute atomic E-state index is 12.3. The summed E-state index contributed by atoms with van der Waals surface area (Å²) in [4.78, 5) is 15.3. The van der Waals surface area contributed by atoms with Crippen LogP contribution in [-0.2, 0) is 11.3 Å². The Balaban J connectivity index is 1.93. The molecule has 0 bridgehead atoms. The van der Waals surface area contributed by atoms with Crippen molar-refractivity contribution in [3.63, 3.8) is 0 Å². The van der Waals surface area contributed by atoms with Crippen molar-refractivity contribution in [2.75, 3.05) is 13.1 Å². The van der Waals surface area contributed by atoms with E-state index < -0.39 is 0 Å². The van der Waals surface area contributed by atoms with Crippen molar-refractivity contribution < 1.29 is 4.79 Å². The maximum atomic E-state index is 12.3. The van der Waals surface area contributed by atoms with Gasteiger partial charge < -0.3 is 15.6 Å². The Labute approximate surface area is 102 Å². The lowest BCUT2D eigenvalue weighted by atomic mass is 9.76. The molecule has 1 saturated heterocycles. The van der Waals surface area contributed by atoms with Gasteiger partial charge in [-0.15, -0.1) is 0 Å². The van der Waals surface area contributed by atoms with Crippen LogP contribution in [0.1, 0.15) is 31.7 Å². The molecule has 0 aliphatic carbocycles. The Bertz CT molecular complexity index is 353. The molecule has 2 heterocycles. The van der Waals surface area contributed by atoms with E-state index in [1.54, 1.807) is 0 Å². The first-order valence-electron chi connectivity index (χ1n) is 6.37. The van der Waals surface area contributed by atoms with Crippen molar-refractivity contribution in [2.24, 2.45) is 5.41 Å². The van der Waals surface area contributed by atoms with E-state index in [-0.39, 0.29) is 11.3 Å². The molecule has 1 aromatic rings.